The van der Waals surface area contributed by atoms with Crippen LogP contribution in [0.15, 0.2) is 30.3 Å². The van der Waals surface area contributed by atoms with Crippen LogP contribution in [-0.4, -0.2) is 20.4 Å². The van der Waals surface area contributed by atoms with E-state index in [0.29, 0.717) is 13.0 Å². The number of unbranched alkanes of at least 4 members (excludes halogenated alkanes) is 4. The van der Waals surface area contributed by atoms with Gasteiger partial charge in [0, 0.05) is 0 Å². The fraction of sp³-hybridized carbons (Fsp3) is 0.696. The number of carbonyl (C=O) groups excluding carboxylic acids is 1. The van der Waals surface area contributed by atoms with E-state index >= 15 is 0 Å². The van der Waals surface area contributed by atoms with Gasteiger partial charge in [-0.3, -0.25) is 4.79 Å². The first-order valence-electron chi connectivity index (χ1n) is 10.5. The highest BCUT2D eigenvalue weighted by molar-refractivity contribution is 6.74. The first kappa shape index (κ1) is 23.9. The Kier molecular flexibility index (Phi) is 10.3. The first-order chi connectivity index (χ1) is 12.7. The van der Waals surface area contributed by atoms with Crippen LogP contribution < -0.4 is 0 Å². The second kappa shape index (κ2) is 11.7. The molecule has 1 aromatic carbocycles. The maximum atomic E-state index is 12.4. The number of benzene rings is 1. The summed E-state index contributed by atoms with van der Waals surface area (Å²) in [5.74, 6) is -0.156. The Balaban J connectivity index is 2.59. The van der Waals surface area contributed by atoms with Gasteiger partial charge >= 0.3 is 5.97 Å². The van der Waals surface area contributed by atoms with Crippen molar-refractivity contribution >= 4 is 14.3 Å². The van der Waals surface area contributed by atoms with Crippen molar-refractivity contribution in [2.45, 2.75) is 103 Å². The van der Waals surface area contributed by atoms with Crippen molar-refractivity contribution in [1.82, 2.24) is 0 Å². The highest BCUT2D eigenvalue weighted by atomic mass is 28.4. The molecule has 1 atom stereocenters. The molecule has 0 amide bonds. The van der Waals surface area contributed by atoms with Crippen molar-refractivity contribution in [3.05, 3.63) is 35.9 Å². The highest BCUT2D eigenvalue weighted by Gasteiger charge is 2.39. The Morgan fingerprint density at radius 2 is 1.67 bits per heavy atom. The number of esters is 1. The van der Waals surface area contributed by atoms with Gasteiger partial charge in [-0.05, 0) is 30.1 Å². The summed E-state index contributed by atoms with van der Waals surface area (Å²) < 4.78 is 12.1. The zero-order valence-electron chi connectivity index (χ0n) is 18.3. The van der Waals surface area contributed by atoms with E-state index in [1.54, 1.807) is 0 Å². The lowest BCUT2D eigenvalue weighted by Crippen LogP contribution is -2.44. The standard InChI is InChI=1S/C23H40O3Si/c1-7-8-9-10-14-17-21(26-27(5,6)23(2,3)4)18-22(24)25-19-20-15-12-11-13-16-20/h11-13,15-16,21H,7-10,14,17-19H2,1-6H3. The summed E-state index contributed by atoms with van der Waals surface area (Å²) in [7, 11) is -1.90. The molecule has 154 valence electrons. The molecule has 0 bridgehead atoms. The molecular weight excluding hydrogens is 352 g/mol. The minimum absolute atomic E-state index is 0.0317. The van der Waals surface area contributed by atoms with Gasteiger partial charge in [0.25, 0.3) is 0 Å². The van der Waals surface area contributed by atoms with E-state index in [1.165, 1.54) is 25.7 Å². The lowest BCUT2D eigenvalue weighted by atomic mass is 10.1. The van der Waals surface area contributed by atoms with Crippen molar-refractivity contribution < 1.29 is 14.0 Å². The molecule has 1 rings (SSSR count). The Morgan fingerprint density at radius 1 is 1.04 bits per heavy atom. The van der Waals surface area contributed by atoms with Crippen molar-refractivity contribution in [2.75, 3.05) is 0 Å². The summed E-state index contributed by atoms with van der Waals surface area (Å²) >= 11 is 0. The van der Waals surface area contributed by atoms with E-state index < -0.39 is 8.32 Å². The smallest absolute Gasteiger partial charge is 0.308 e. The summed E-state index contributed by atoms with van der Waals surface area (Å²) in [5, 5.41) is 0.140. The van der Waals surface area contributed by atoms with Crippen LogP contribution in [0.1, 0.15) is 78.2 Å². The fourth-order valence-corrected chi connectivity index (χ4v) is 4.14. The van der Waals surface area contributed by atoms with Crippen LogP contribution >= 0.6 is 0 Å². The van der Waals surface area contributed by atoms with Crippen LogP contribution in [0.25, 0.3) is 0 Å². The minimum atomic E-state index is -1.90. The lowest BCUT2D eigenvalue weighted by Gasteiger charge is -2.39. The summed E-state index contributed by atoms with van der Waals surface area (Å²) in [6.07, 6.45) is 7.39. The van der Waals surface area contributed by atoms with Crippen molar-refractivity contribution in [3.8, 4) is 0 Å². The van der Waals surface area contributed by atoms with Gasteiger partial charge in [-0.2, -0.15) is 0 Å². The van der Waals surface area contributed by atoms with E-state index in [1.807, 2.05) is 30.3 Å². The van der Waals surface area contributed by atoms with Crippen LogP contribution in [0.5, 0.6) is 0 Å². The third-order valence-corrected chi connectivity index (χ3v) is 10.1. The quantitative estimate of drug-likeness (QED) is 0.221. The third-order valence-electron chi connectivity index (χ3n) is 5.53. The van der Waals surface area contributed by atoms with Gasteiger partial charge in [-0.15, -0.1) is 0 Å². The normalized spacial score (nSPS) is 13.4. The van der Waals surface area contributed by atoms with Gasteiger partial charge in [0.05, 0.1) is 12.5 Å². The second-order valence-corrected chi connectivity index (χ2v) is 13.8. The Labute approximate surface area is 168 Å². The number of carbonyl (C=O) groups is 1. The van der Waals surface area contributed by atoms with Crippen molar-refractivity contribution in [1.29, 1.82) is 0 Å². The van der Waals surface area contributed by atoms with Crippen LogP contribution in [0, 0.1) is 0 Å². The van der Waals surface area contributed by atoms with Crippen LogP contribution in [0.4, 0.5) is 0 Å². The molecule has 3 nitrogen and oxygen atoms in total. The minimum Gasteiger partial charge on any atom is -0.461 e. The van der Waals surface area contributed by atoms with Gasteiger partial charge in [0.15, 0.2) is 8.32 Å². The van der Waals surface area contributed by atoms with Gasteiger partial charge in [0.2, 0.25) is 0 Å². The molecule has 0 aliphatic rings. The lowest BCUT2D eigenvalue weighted by molar-refractivity contribution is -0.147. The Hall–Kier alpha value is -1.13. The van der Waals surface area contributed by atoms with Crippen LogP contribution in [-0.2, 0) is 20.6 Å². The van der Waals surface area contributed by atoms with Crippen LogP contribution in [0.3, 0.4) is 0 Å². The van der Waals surface area contributed by atoms with E-state index in [2.05, 4.69) is 40.8 Å². The predicted octanol–water partition coefficient (Wildman–Crippen LogP) is 6.87. The van der Waals surface area contributed by atoms with E-state index in [0.717, 1.165) is 18.4 Å². The maximum absolute atomic E-state index is 12.4. The molecule has 4 heteroatoms. The first-order valence-corrected chi connectivity index (χ1v) is 13.4. The van der Waals surface area contributed by atoms with Gasteiger partial charge in [-0.1, -0.05) is 90.1 Å². The number of ether oxygens (including phenoxy) is 1. The predicted molar refractivity (Wildman–Crippen MR) is 116 cm³/mol. The number of hydrogen-bond acceptors (Lipinski definition) is 3. The number of rotatable bonds is 12. The average Bonchev–Trinajstić information content (AvgIpc) is 2.59. The molecule has 0 saturated carbocycles. The summed E-state index contributed by atoms with van der Waals surface area (Å²) in [4.78, 5) is 12.4. The zero-order chi connectivity index (χ0) is 20.3. The average molecular weight is 393 g/mol. The SMILES string of the molecule is CCCCCCCC(CC(=O)OCc1ccccc1)O[Si](C)(C)C(C)(C)C. The number of hydrogen-bond donors (Lipinski definition) is 0. The van der Waals surface area contributed by atoms with E-state index in [-0.39, 0.29) is 17.1 Å². The molecule has 0 aliphatic heterocycles. The van der Waals surface area contributed by atoms with E-state index in [4.69, 9.17) is 9.16 Å². The molecule has 0 spiro atoms. The Morgan fingerprint density at radius 3 is 2.26 bits per heavy atom. The highest BCUT2D eigenvalue weighted by Crippen LogP contribution is 2.38. The Bertz CT molecular complexity index is 534. The zero-order valence-corrected chi connectivity index (χ0v) is 19.3. The molecule has 1 aromatic rings. The fourth-order valence-electron chi connectivity index (χ4n) is 2.75. The molecule has 0 fully saturated rings. The third kappa shape index (κ3) is 9.57. The molecule has 0 aromatic heterocycles. The van der Waals surface area contributed by atoms with E-state index in [9.17, 15) is 4.79 Å². The van der Waals surface area contributed by atoms with Gasteiger partial charge in [-0.25, -0.2) is 0 Å². The second-order valence-electron chi connectivity index (χ2n) is 9.05. The topological polar surface area (TPSA) is 35.5 Å². The molecule has 0 saturated heterocycles. The molecule has 27 heavy (non-hydrogen) atoms. The molecule has 0 heterocycles. The maximum Gasteiger partial charge on any atom is 0.308 e. The summed E-state index contributed by atoms with van der Waals surface area (Å²) in [6, 6.07) is 9.84. The molecule has 0 N–H and O–H groups in total. The molecule has 0 radical (unpaired) electrons. The summed E-state index contributed by atoms with van der Waals surface area (Å²) in [6.45, 7) is 13.8. The largest absolute Gasteiger partial charge is 0.461 e. The van der Waals surface area contributed by atoms with Crippen molar-refractivity contribution in [2.24, 2.45) is 0 Å². The summed E-state index contributed by atoms with van der Waals surface area (Å²) in [5.41, 5.74) is 1.02. The van der Waals surface area contributed by atoms with Crippen molar-refractivity contribution in [3.63, 3.8) is 0 Å². The van der Waals surface area contributed by atoms with Gasteiger partial charge < -0.3 is 9.16 Å². The van der Waals surface area contributed by atoms with Gasteiger partial charge in [0.1, 0.15) is 6.61 Å². The molecular formula is C23H40O3Si. The molecule has 0 aliphatic carbocycles. The molecule has 1 unspecified atom stereocenters. The van der Waals surface area contributed by atoms with Crippen LogP contribution in [0.2, 0.25) is 18.1 Å². The monoisotopic (exact) mass is 392 g/mol.